The van der Waals surface area contributed by atoms with Crippen LogP contribution in [0.25, 0.3) is 0 Å². The number of benzene rings is 1. The zero-order valence-corrected chi connectivity index (χ0v) is 7.83. The summed E-state index contributed by atoms with van der Waals surface area (Å²) >= 11 is 0. The lowest BCUT2D eigenvalue weighted by atomic mass is 10.0. The Labute approximate surface area is 82.9 Å². The van der Waals surface area contributed by atoms with Crippen LogP contribution in [0.2, 0.25) is 0 Å². The fourth-order valence-electron chi connectivity index (χ4n) is 1.36. The Morgan fingerprint density at radius 2 is 2.08 bits per heavy atom. The molecular weight excluding hydrogens is 190 g/mol. The highest BCUT2D eigenvalue weighted by molar-refractivity contribution is 5.85. The molecule has 0 aliphatic carbocycles. The van der Waals surface area contributed by atoms with Crippen molar-refractivity contribution in [2.45, 2.75) is 12.1 Å². The summed E-state index contributed by atoms with van der Waals surface area (Å²) in [5.41, 5.74) is 6.41. The number of fused-ring (bicyclic) bond motifs is 1. The number of para-hydroxylation sites is 1. The van der Waals surface area contributed by atoms with Gasteiger partial charge in [-0.2, -0.15) is 0 Å². The van der Waals surface area contributed by atoms with Gasteiger partial charge in [-0.25, -0.2) is 0 Å². The molecule has 0 radical (unpaired) electrons. The van der Waals surface area contributed by atoms with Crippen LogP contribution in [0.4, 0.5) is 0 Å². The van der Waals surface area contributed by atoms with E-state index in [0.717, 1.165) is 11.3 Å². The lowest BCUT2D eigenvalue weighted by molar-refractivity contribution is 0.0916. The Morgan fingerprint density at radius 1 is 1.38 bits per heavy atom. The van der Waals surface area contributed by atoms with Crippen LogP contribution < -0.4 is 10.5 Å². The lowest BCUT2D eigenvalue weighted by Crippen LogP contribution is -2.37. The third-order valence-electron chi connectivity index (χ3n) is 2.07. The summed E-state index contributed by atoms with van der Waals surface area (Å²) in [6.07, 6.45) is -0.588. The third-order valence-corrected chi connectivity index (χ3v) is 2.07. The zero-order chi connectivity index (χ0) is 8.55. The molecule has 1 aliphatic rings. The van der Waals surface area contributed by atoms with Gasteiger partial charge in [0, 0.05) is 5.56 Å². The van der Waals surface area contributed by atoms with Crippen molar-refractivity contribution in [3.05, 3.63) is 29.8 Å². The van der Waals surface area contributed by atoms with Gasteiger partial charge in [0.1, 0.15) is 18.5 Å². The SMILES string of the molecule is Cl.N[C@@H]1COc2ccccc2[C@H]1O. The van der Waals surface area contributed by atoms with Gasteiger partial charge in [0.2, 0.25) is 0 Å². The predicted octanol–water partition coefficient (Wildman–Crippen LogP) is 0.861. The van der Waals surface area contributed by atoms with Crippen LogP contribution in [0.5, 0.6) is 5.75 Å². The molecule has 2 atom stereocenters. The van der Waals surface area contributed by atoms with E-state index in [4.69, 9.17) is 10.5 Å². The van der Waals surface area contributed by atoms with Crippen LogP contribution in [-0.4, -0.2) is 17.8 Å². The number of ether oxygens (including phenoxy) is 1. The van der Waals surface area contributed by atoms with Crippen LogP contribution in [0.15, 0.2) is 24.3 Å². The molecule has 0 amide bonds. The van der Waals surface area contributed by atoms with Crippen LogP contribution >= 0.6 is 12.4 Å². The minimum Gasteiger partial charge on any atom is -0.491 e. The van der Waals surface area contributed by atoms with E-state index in [0.29, 0.717) is 6.61 Å². The Bertz CT molecular complexity index is 293. The zero-order valence-electron chi connectivity index (χ0n) is 7.01. The molecule has 0 aromatic heterocycles. The van der Waals surface area contributed by atoms with Gasteiger partial charge in [0.15, 0.2) is 0 Å². The van der Waals surface area contributed by atoms with E-state index < -0.39 is 6.10 Å². The topological polar surface area (TPSA) is 55.5 Å². The molecule has 4 heteroatoms. The van der Waals surface area contributed by atoms with Gasteiger partial charge < -0.3 is 15.6 Å². The Balaban J connectivity index is 0.000000845. The van der Waals surface area contributed by atoms with E-state index in [1.54, 1.807) is 0 Å². The molecule has 0 saturated carbocycles. The minimum atomic E-state index is -0.588. The maximum Gasteiger partial charge on any atom is 0.125 e. The largest absolute Gasteiger partial charge is 0.491 e. The van der Waals surface area contributed by atoms with Gasteiger partial charge in [-0.1, -0.05) is 18.2 Å². The van der Waals surface area contributed by atoms with Crippen molar-refractivity contribution in [1.29, 1.82) is 0 Å². The maximum atomic E-state index is 9.62. The summed E-state index contributed by atoms with van der Waals surface area (Å²) in [4.78, 5) is 0. The van der Waals surface area contributed by atoms with Crippen molar-refractivity contribution in [2.75, 3.05) is 6.61 Å². The molecule has 3 N–H and O–H groups in total. The second kappa shape index (κ2) is 3.96. The number of nitrogens with two attached hydrogens (primary N) is 1. The fraction of sp³-hybridized carbons (Fsp3) is 0.333. The van der Waals surface area contributed by atoms with Gasteiger partial charge in [0.05, 0.1) is 6.04 Å². The quantitative estimate of drug-likeness (QED) is 0.655. The fourth-order valence-corrected chi connectivity index (χ4v) is 1.36. The Hall–Kier alpha value is -0.770. The average molecular weight is 202 g/mol. The predicted molar refractivity (Wildman–Crippen MR) is 52.1 cm³/mol. The van der Waals surface area contributed by atoms with Gasteiger partial charge in [-0.15, -0.1) is 12.4 Å². The first-order chi connectivity index (χ1) is 5.79. The van der Waals surface area contributed by atoms with Crippen LogP contribution in [-0.2, 0) is 0 Å². The summed E-state index contributed by atoms with van der Waals surface area (Å²) in [5, 5.41) is 9.62. The van der Waals surface area contributed by atoms with Crippen molar-refractivity contribution in [3.8, 4) is 5.75 Å². The van der Waals surface area contributed by atoms with E-state index in [1.807, 2.05) is 24.3 Å². The molecule has 1 aromatic rings. The normalized spacial score (nSPS) is 25.4. The molecule has 1 aromatic carbocycles. The molecule has 3 nitrogen and oxygen atoms in total. The first-order valence-corrected chi connectivity index (χ1v) is 3.94. The molecule has 0 unspecified atom stereocenters. The number of rotatable bonds is 0. The van der Waals surface area contributed by atoms with E-state index >= 15 is 0 Å². The number of aliphatic hydroxyl groups excluding tert-OH is 1. The first-order valence-electron chi connectivity index (χ1n) is 3.94. The second-order valence-electron chi connectivity index (χ2n) is 2.96. The van der Waals surface area contributed by atoms with Gasteiger partial charge in [0.25, 0.3) is 0 Å². The van der Waals surface area contributed by atoms with Crippen molar-refractivity contribution in [1.82, 2.24) is 0 Å². The van der Waals surface area contributed by atoms with Crippen LogP contribution in [0.1, 0.15) is 11.7 Å². The summed E-state index contributed by atoms with van der Waals surface area (Å²) in [6, 6.07) is 7.11. The molecule has 2 rings (SSSR count). The highest BCUT2D eigenvalue weighted by Crippen LogP contribution is 2.30. The molecule has 0 saturated heterocycles. The van der Waals surface area contributed by atoms with Gasteiger partial charge >= 0.3 is 0 Å². The van der Waals surface area contributed by atoms with E-state index in [1.165, 1.54) is 0 Å². The van der Waals surface area contributed by atoms with Crippen LogP contribution in [0.3, 0.4) is 0 Å². The smallest absolute Gasteiger partial charge is 0.125 e. The summed E-state index contributed by atoms with van der Waals surface area (Å²) in [7, 11) is 0. The van der Waals surface area contributed by atoms with Crippen LogP contribution in [0, 0.1) is 0 Å². The molecule has 0 fully saturated rings. The average Bonchev–Trinajstić information content (AvgIpc) is 2.12. The number of aliphatic hydroxyl groups is 1. The summed E-state index contributed by atoms with van der Waals surface area (Å²) in [6.45, 7) is 0.387. The maximum absolute atomic E-state index is 9.62. The molecule has 13 heavy (non-hydrogen) atoms. The highest BCUT2D eigenvalue weighted by atomic mass is 35.5. The molecule has 1 aliphatic heterocycles. The molecular formula is C9H12ClNO2. The van der Waals surface area contributed by atoms with Gasteiger partial charge in [-0.05, 0) is 6.07 Å². The monoisotopic (exact) mass is 201 g/mol. The van der Waals surface area contributed by atoms with Crippen molar-refractivity contribution < 1.29 is 9.84 Å². The standard InChI is InChI=1S/C9H11NO2.ClH/c10-7-5-12-8-4-2-1-3-6(8)9(7)11;/h1-4,7,9,11H,5,10H2;1H/t7-,9-;/m1./s1. The van der Waals surface area contributed by atoms with Crippen molar-refractivity contribution >= 4 is 12.4 Å². The number of hydrogen-bond acceptors (Lipinski definition) is 3. The molecule has 0 spiro atoms. The van der Waals surface area contributed by atoms with Crippen molar-refractivity contribution in [2.24, 2.45) is 5.73 Å². The lowest BCUT2D eigenvalue weighted by Gasteiger charge is -2.27. The number of halogens is 1. The van der Waals surface area contributed by atoms with E-state index in [9.17, 15) is 5.11 Å². The Kier molecular flexibility index (Phi) is 3.14. The second-order valence-corrected chi connectivity index (χ2v) is 2.96. The van der Waals surface area contributed by atoms with Crippen molar-refractivity contribution in [3.63, 3.8) is 0 Å². The molecule has 0 bridgehead atoms. The minimum absolute atomic E-state index is 0. The summed E-state index contributed by atoms with van der Waals surface area (Å²) < 4.78 is 5.32. The third kappa shape index (κ3) is 1.77. The van der Waals surface area contributed by atoms with E-state index in [2.05, 4.69) is 0 Å². The van der Waals surface area contributed by atoms with Gasteiger partial charge in [-0.3, -0.25) is 0 Å². The highest BCUT2D eigenvalue weighted by Gasteiger charge is 2.25. The molecule has 72 valence electrons. The van der Waals surface area contributed by atoms with E-state index in [-0.39, 0.29) is 18.4 Å². The number of hydrogen-bond donors (Lipinski definition) is 2. The summed E-state index contributed by atoms with van der Waals surface area (Å²) in [5.74, 6) is 0.742. The Morgan fingerprint density at radius 3 is 2.85 bits per heavy atom. The first kappa shape index (κ1) is 10.3. The molecule has 1 heterocycles.